The Morgan fingerprint density at radius 2 is 2.23 bits per heavy atom. The molecule has 3 aromatic rings. The Labute approximate surface area is 165 Å². The van der Waals surface area contributed by atoms with Crippen molar-refractivity contribution in [1.29, 1.82) is 0 Å². The average Bonchev–Trinajstić information content (AvgIpc) is 3.20. The van der Waals surface area contributed by atoms with Crippen LogP contribution in [0.25, 0.3) is 11.0 Å². The third kappa shape index (κ3) is 3.44. The molecule has 4 rings (SSSR count). The van der Waals surface area contributed by atoms with Crippen LogP contribution in [-0.4, -0.2) is 36.3 Å². The molecule has 0 amide bonds. The molecule has 1 aliphatic carbocycles. The zero-order chi connectivity index (χ0) is 13.4. The van der Waals surface area contributed by atoms with Gasteiger partial charge in [0.2, 0.25) is 0 Å². The van der Waals surface area contributed by atoms with Gasteiger partial charge in [0.25, 0.3) is 0 Å². The molecular weight excluding hydrogens is 531 g/mol. The molecule has 1 aliphatic rings. The molecule has 1 saturated carbocycles. The maximum Gasteiger partial charge on any atom is 0.160 e. The van der Waals surface area contributed by atoms with Crippen molar-refractivity contribution >= 4 is 16.9 Å². The van der Waals surface area contributed by atoms with E-state index in [0.29, 0.717) is 17.9 Å². The first-order chi connectivity index (χ1) is 9.90. The number of rotatable bonds is 3. The molecule has 0 bridgehead atoms. The van der Waals surface area contributed by atoms with Crippen molar-refractivity contribution in [2.45, 2.75) is 31.2 Å². The van der Waals surface area contributed by atoms with Crippen LogP contribution in [0.3, 0.4) is 0 Å². The van der Waals surface area contributed by atoms with Crippen LogP contribution < -0.4 is 5.32 Å². The van der Waals surface area contributed by atoms with E-state index in [1.807, 2.05) is 0 Å². The van der Waals surface area contributed by atoms with Gasteiger partial charge >= 0.3 is 0 Å². The van der Waals surface area contributed by atoms with E-state index >= 15 is 0 Å². The van der Waals surface area contributed by atoms with E-state index in [1.54, 1.807) is 6.20 Å². The smallest absolute Gasteiger partial charge is 0.160 e. The zero-order valence-corrected chi connectivity index (χ0v) is 17.3. The van der Waals surface area contributed by atoms with Crippen molar-refractivity contribution in [2.24, 2.45) is 0 Å². The molecule has 8 nitrogen and oxygen atoms in total. The first-order valence-electron chi connectivity index (χ1n) is 6.50. The first-order valence-corrected chi connectivity index (χ1v) is 6.50. The van der Waals surface area contributed by atoms with Gasteiger partial charge in [-0.25, -0.2) is 9.97 Å². The van der Waals surface area contributed by atoms with Crippen molar-refractivity contribution in [2.75, 3.05) is 5.32 Å². The minimum atomic E-state index is 0. The quantitative estimate of drug-likeness (QED) is 0.480. The van der Waals surface area contributed by atoms with Crippen molar-refractivity contribution in [3.8, 4) is 0 Å². The summed E-state index contributed by atoms with van der Waals surface area (Å²) in [5, 5.41) is 14.7. The normalized spacial score (nSPS) is 20.4. The van der Waals surface area contributed by atoms with Crippen molar-refractivity contribution in [3.05, 3.63) is 24.7 Å². The van der Waals surface area contributed by atoms with Crippen LogP contribution in [0.1, 0.15) is 31.1 Å². The summed E-state index contributed by atoms with van der Waals surface area (Å²) in [4.78, 5) is 12.4. The number of hydrogen-bond donors (Lipinski definition) is 2. The molecule has 1 fully saturated rings. The minimum absolute atomic E-state index is 0. The van der Waals surface area contributed by atoms with Gasteiger partial charge in [0.1, 0.15) is 12.1 Å². The fraction of sp³-hybridized carbons (Fsp3) is 0.417. The van der Waals surface area contributed by atoms with E-state index in [9.17, 15) is 0 Å². The molecule has 3 heterocycles. The summed E-state index contributed by atoms with van der Waals surface area (Å²) >= 11 is 0. The van der Waals surface area contributed by atoms with Gasteiger partial charge in [0, 0.05) is 59.8 Å². The van der Waals surface area contributed by atoms with Crippen LogP contribution >= 0.6 is 0 Å². The van der Waals surface area contributed by atoms with E-state index in [2.05, 4.69) is 42.0 Å². The average molecular weight is 543 g/mol. The van der Waals surface area contributed by atoms with E-state index in [0.717, 1.165) is 36.1 Å². The van der Waals surface area contributed by atoms with Crippen molar-refractivity contribution in [3.63, 3.8) is 0 Å². The molecule has 1 unspecified atom stereocenters. The number of nitrogens with one attached hydrogen (secondary N) is 2. The van der Waals surface area contributed by atoms with Crippen molar-refractivity contribution < 1.29 is 58.3 Å². The second-order valence-electron chi connectivity index (χ2n) is 4.94. The second kappa shape index (κ2) is 7.71. The Morgan fingerprint density at radius 1 is 1.32 bits per heavy atom. The summed E-state index contributed by atoms with van der Waals surface area (Å²) in [6.07, 6.45) is 8.74. The van der Waals surface area contributed by atoms with Gasteiger partial charge in [-0.05, 0) is 25.1 Å². The fourth-order valence-electron chi connectivity index (χ4n) is 2.73. The number of nitrogens with zero attached hydrogens (tertiary/aromatic N) is 5. The molecular formula is C12H12N7OWY-. The Morgan fingerprint density at radius 3 is 3.05 bits per heavy atom. The predicted molar refractivity (Wildman–Crippen MR) is 68.8 cm³/mol. The molecule has 0 saturated heterocycles. The van der Waals surface area contributed by atoms with Crippen LogP contribution in [0, 0.1) is 6.33 Å². The van der Waals surface area contributed by atoms with Gasteiger partial charge in [-0.1, -0.05) is 6.42 Å². The summed E-state index contributed by atoms with van der Waals surface area (Å²) in [5.74, 6) is 1.78. The Hall–Kier alpha value is -0.718. The molecule has 22 heavy (non-hydrogen) atoms. The summed E-state index contributed by atoms with van der Waals surface area (Å²) in [6.45, 7) is 0. The number of hydrogen-bond acceptors (Lipinski definition) is 7. The summed E-state index contributed by atoms with van der Waals surface area (Å²) in [5.41, 5.74) is 0.739. The van der Waals surface area contributed by atoms with Gasteiger partial charge in [-0.3, -0.25) is 5.10 Å². The van der Waals surface area contributed by atoms with Crippen LogP contribution in [-0.2, 0) is 53.8 Å². The maximum absolute atomic E-state index is 5.09. The van der Waals surface area contributed by atoms with E-state index in [-0.39, 0.29) is 53.8 Å². The molecule has 0 spiro atoms. The zero-order valence-electron chi connectivity index (χ0n) is 11.6. The van der Waals surface area contributed by atoms with Crippen LogP contribution in [0.15, 0.2) is 17.0 Å². The molecule has 10 heteroatoms. The molecule has 111 valence electrons. The SMILES string of the molecule is [W].[Y].[c-]1noc(C2CC[C@H](Nc3ncnc4[nH]ncc34)C2)n1. The third-order valence-corrected chi connectivity index (χ3v) is 3.71. The number of aromatic nitrogens is 6. The predicted octanol–water partition coefficient (Wildman–Crippen LogP) is 1.28. The molecule has 3 aromatic heterocycles. The summed E-state index contributed by atoms with van der Waals surface area (Å²) in [6, 6.07) is 0.333. The van der Waals surface area contributed by atoms with Crippen LogP contribution in [0.2, 0.25) is 0 Å². The monoisotopic (exact) mass is 543 g/mol. The second-order valence-corrected chi connectivity index (χ2v) is 4.94. The van der Waals surface area contributed by atoms with Gasteiger partial charge in [0.05, 0.1) is 17.5 Å². The molecule has 1 radical (unpaired) electrons. The van der Waals surface area contributed by atoms with Gasteiger partial charge in [-0.15, -0.1) is 0 Å². The topological polar surface area (TPSA) is 105 Å². The van der Waals surface area contributed by atoms with Crippen molar-refractivity contribution in [1.82, 2.24) is 30.3 Å². The standard InChI is InChI=1S/C12H12N7O.W.Y/c1-2-8(3-7(1)12-15-6-17-20-12)18-10-9-4-16-19-11(9)14-5-13-10;;/h4-5,7-8H,1-3H2,(H2,13,14,16,18,19);;/q-1;;/t7?,8-;;/m0../s1. The molecule has 2 atom stereocenters. The number of fused-ring (bicyclic) bond motifs is 1. The minimum Gasteiger partial charge on any atom is -0.450 e. The van der Waals surface area contributed by atoms with Crippen LogP contribution in [0.4, 0.5) is 5.82 Å². The summed E-state index contributed by atoms with van der Waals surface area (Å²) in [7, 11) is 0. The van der Waals surface area contributed by atoms with Gasteiger partial charge in [0.15, 0.2) is 5.65 Å². The van der Waals surface area contributed by atoms with E-state index < -0.39 is 0 Å². The Balaban J connectivity index is 0.000000882. The fourth-order valence-corrected chi connectivity index (χ4v) is 2.73. The third-order valence-electron chi connectivity index (χ3n) is 3.71. The largest absolute Gasteiger partial charge is 0.450 e. The number of aromatic amines is 1. The molecule has 0 aromatic carbocycles. The van der Waals surface area contributed by atoms with Gasteiger partial charge < -0.3 is 14.8 Å². The van der Waals surface area contributed by atoms with E-state index in [4.69, 9.17) is 4.52 Å². The number of anilines is 1. The Kier molecular flexibility index (Phi) is 6.18. The van der Waals surface area contributed by atoms with Gasteiger partial charge in [-0.2, -0.15) is 10.3 Å². The van der Waals surface area contributed by atoms with Crippen LogP contribution in [0.5, 0.6) is 0 Å². The summed E-state index contributed by atoms with van der Waals surface area (Å²) < 4.78 is 5.09. The Bertz CT molecular complexity index is 719. The number of H-pyrrole nitrogens is 1. The van der Waals surface area contributed by atoms with E-state index in [1.165, 1.54) is 6.33 Å². The first kappa shape index (κ1) is 17.6. The molecule has 2 N–H and O–H groups in total. The molecule has 0 aliphatic heterocycles. The maximum atomic E-state index is 5.09.